The number of imide groups is 1. The molecule has 2 saturated heterocycles. The number of likely N-dealkylation sites (N-methyl/N-ethyl adjacent to an activating group) is 1. The molecule has 0 aliphatic carbocycles. The van der Waals surface area contributed by atoms with Crippen LogP contribution in [-0.2, 0) is 4.79 Å². The molecular weight excluding hydrogens is 393 g/mol. The number of nitrogens with one attached hydrogen (secondary N) is 1. The number of aromatic nitrogens is 2. The average Bonchev–Trinajstić information content (AvgIpc) is 2.88. The highest BCUT2D eigenvalue weighted by molar-refractivity contribution is 8.18. The number of hydrogen-bond acceptors (Lipinski definition) is 7. The van der Waals surface area contributed by atoms with E-state index >= 15 is 0 Å². The second-order valence-electron chi connectivity index (χ2n) is 6.99. The number of anilines is 1. The second kappa shape index (κ2) is 8.30. The van der Waals surface area contributed by atoms with Crippen LogP contribution in [0, 0.1) is 5.82 Å². The molecule has 2 aliphatic rings. The summed E-state index contributed by atoms with van der Waals surface area (Å²) in [6.45, 7) is 3.78. The summed E-state index contributed by atoms with van der Waals surface area (Å²) >= 11 is 0.761. The Morgan fingerprint density at radius 1 is 1.17 bits per heavy atom. The molecule has 2 aromatic rings. The Labute approximate surface area is 172 Å². The SMILES string of the molecule is CN1CCCN(c2cncc(-c3ccc(/C=C4\SC(=O)NC4=O)c(F)c3)n2)CC1. The molecule has 1 aromatic carbocycles. The zero-order valence-corrected chi connectivity index (χ0v) is 16.7. The maximum absolute atomic E-state index is 14.6. The van der Waals surface area contributed by atoms with Crippen molar-refractivity contribution in [3.63, 3.8) is 0 Å². The molecule has 150 valence electrons. The quantitative estimate of drug-likeness (QED) is 0.775. The highest BCUT2D eigenvalue weighted by Crippen LogP contribution is 2.28. The maximum atomic E-state index is 14.6. The minimum atomic E-state index is -0.509. The van der Waals surface area contributed by atoms with E-state index < -0.39 is 17.0 Å². The van der Waals surface area contributed by atoms with Crippen LogP contribution in [0.5, 0.6) is 0 Å². The van der Waals surface area contributed by atoms with Crippen molar-refractivity contribution in [2.24, 2.45) is 0 Å². The zero-order valence-electron chi connectivity index (χ0n) is 15.9. The van der Waals surface area contributed by atoms with Gasteiger partial charge in [-0.2, -0.15) is 0 Å². The summed E-state index contributed by atoms with van der Waals surface area (Å²) in [5, 5.41) is 1.70. The number of carbonyl (C=O) groups excluding carboxylic acids is 2. The largest absolute Gasteiger partial charge is 0.354 e. The smallest absolute Gasteiger partial charge is 0.290 e. The molecule has 0 unspecified atom stereocenters. The van der Waals surface area contributed by atoms with Crippen molar-refractivity contribution in [1.82, 2.24) is 20.2 Å². The fourth-order valence-electron chi connectivity index (χ4n) is 3.29. The van der Waals surface area contributed by atoms with Gasteiger partial charge in [-0.3, -0.25) is 19.9 Å². The summed E-state index contributed by atoms with van der Waals surface area (Å²) in [6, 6.07) is 4.68. The first kappa shape index (κ1) is 19.5. The molecule has 3 heterocycles. The Morgan fingerprint density at radius 3 is 2.79 bits per heavy atom. The van der Waals surface area contributed by atoms with Gasteiger partial charge < -0.3 is 9.80 Å². The molecule has 2 fully saturated rings. The molecule has 4 rings (SSSR count). The molecule has 1 N–H and O–H groups in total. The number of carbonyl (C=O) groups is 2. The first-order chi connectivity index (χ1) is 14.0. The number of amides is 2. The third kappa shape index (κ3) is 4.46. The molecule has 29 heavy (non-hydrogen) atoms. The third-order valence-electron chi connectivity index (χ3n) is 4.89. The van der Waals surface area contributed by atoms with Crippen LogP contribution < -0.4 is 10.2 Å². The van der Waals surface area contributed by atoms with Crippen LogP contribution >= 0.6 is 11.8 Å². The summed E-state index contributed by atoms with van der Waals surface area (Å²) in [5.74, 6) is -0.224. The zero-order chi connectivity index (χ0) is 20.4. The predicted molar refractivity (Wildman–Crippen MR) is 111 cm³/mol. The van der Waals surface area contributed by atoms with E-state index in [0.29, 0.717) is 11.3 Å². The fraction of sp³-hybridized carbons (Fsp3) is 0.300. The van der Waals surface area contributed by atoms with E-state index in [1.165, 1.54) is 12.1 Å². The second-order valence-corrected chi connectivity index (χ2v) is 8.01. The van der Waals surface area contributed by atoms with Crippen LogP contribution in [0.15, 0.2) is 35.5 Å². The van der Waals surface area contributed by atoms with E-state index in [1.54, 1.807) is 24.5 Å². The summed E-state index contributed by atoms with van der Waals surface area (Å²) in [4.78, 5) is 36.5. The highest BCUT2D eigenvalue weighted by Gasteiger charge is 2.25. The van der Waals surface area contributed by atoms with Crippen molar-refractivity contribution >= 4 is 34.8 Å². The summed E-state index contributed by atoms with van der Waals surface area (Å²) in [5.41, 5.74) is 1.42. The van der Waals surface area contributed by atoms with Crippen molar-refractivity contribution in [3.05, 3.63) is 46.9 Å². The fourth-order valence-corrected chi connectivity index (χ4v) is 3.96. The lowest BCUT2D eigenvalue weighted by molar-refractivity contribution is -0.115. The van der Waals surface area contributed by atoms with E-state index in [-0.39, 0.29) is 10.5 Å². The molecule has 0 saturated carbocycles. The number of nitrogens with zero attached hydrogens (tertiary/aromatic N) is 4. The van der Waals surface area contributed by atoms with Gasteiger partial charge in [-0.1, -0.05) is 12.1 Å². The average molecular weight is 413 g/mol. The number of thioether (sulfide) groups is 1. The molecular formula is C20H20FN5O2S. The van der Waals surface area contributed by atoms with Gasteiger partial charge in [-0.15, -0.1) is 0 Å². The van der Waals surface area contributed by atoms with E-state index in [2.05, 4.69) is 32.1 Å². The van der Waals surface area contributed by atoms with Crippen molar-refractivity contribution in [2.45, 2.75) is 6.42 Å². The van der Waals surface area contributed by atoms with E-state index in [4.69, 9.17) is 0 Å². The molecule has 1 aromatic heterocycles. The monoisotopic (exact) mass is 413 g/mol. The first-order valence-electron chi connectivity index (χ1n) is 9.30. The van der Waals surface area contributed by atoms with Crippen molar-refractivity contribution < 1.29 is 14.0 Å². The Bertz CT molecular complexity index is 997. The minimum Gasteiger partial charge on any atom is -0.354 e. The third-order valence-corrected chi connectivity index (χ3v) is 5.70. The van der Waals surface area contributed by atoms with Gasteiger partial charge in [0.15, 0.2) is 0 Å². The maximum Gasteiger partial charge on any atom is 0.290 e. The van der Waals surface area contributed by atoms with Crippen LogP contribution in [0.25, 0.3) is 17.3 Å². The topological polar surface area (TPSA) is 78.4 Å². The molecule has 9 heteroatoms. The van der Waals surface area contributed by atoms with Gasteiger partial charge in [0.05, 0.1) is 23.0 Å². The van der Waals surface area contributed by atoms with Crippen LogP contribution in [0.4, 0.5) is 15.0 Å². The standard InChI is InChI=1S/C20H20FN5O2S/c1-25-5-2-6-26(8-7-25)18-12-22-11-16(23-18)14-4-3-13(15(21)9-14)10-17-19(27)24-20(28)29-17/h3-4,9-12H,2,5-8H2,1H3,(H,24,27,28)/b17-10-. The lowest BCUT2D eigenvalue weighted by atomic mass is 10.1. The minimum absolute atomic E-state index is 0.176. The van der Waals surface area contributed by atoms with Crippen LogP contribution in [0.2, 0.25) is 0 Å². The van der Waals surface area contributed by atoms with Gasteiger partial charge in [0, 0.05) is 30.8 Å². The molecule has 0 spiro atoms. The van der Waals surface area contributed by atoms with Gasteiger partial charge >= 0.3 is 0 Å². The van der Waals surface area contributed by atoms with Crippen molar-refractivity contribution in [1.29, 1.82) is 0 Å². The van der Waals surface area contributed by atoms with Crippen LogP contribution in [-0.4, -0.2) is 59.2 Å². The van der Waals surface area contributed by atoms with Crippen LogP contribution in [0.1, 0.15) is 12.0 Å². The number of benzene rings is 1. The molecule has 0 atom stereocenters. The number of hydrogen-bond donors (Lipinski definition) is 1. The van der Waals surface area contributed by atoms with Crippen molar-refractivity contribution in [3.8, 4) is 11.3 Å². The molecule has 7 nitrogen and oxygen atoms in total. The Morgan fingerprint density at radius 2 is 2.03 bits per heavy atom. The van der Waals surface area contributed by atoms with Gasteiger partial charge in [-0.05, 0) is 43.9 Å². The molecule has 2 amide bonds. The van der Waals surface area contributed by atoms with Gasteiger partial charge in [0.25, 0.3) is 11.1 Å². The lowest BCUT2D eigenvalue weighted by Gasteiger charge is -2.21. The van der Waals surface area contributed by atoms with E-state index in [9.17, 15) is 14.0 Å². The Balaban J connectivity index is 1.58. The molecule has 0 radical (unpaired) electrons. The summed E-state index contributed by atoms with van der Waals surface area (Å²) < 4.78 is 14.6. The van der Waals surface area contributed by atoms with Crippen molar-refractivity contribution in [2.75, 3.05) is 38.1 Å². The van der Waals surface area contributed by atoms with Gasteiger partial charge in [-0.25, -0.2) is 9.37 Å². The highest BCUT2D eigenvalue weighted by atomic mass is 32.2. The van der Waals surface area contributed by atoms with E-state index in [0.717, 1.165) is 50.2 Å². The molecule has 2 aliphatic heterocycles. The number of rotatable bonds is 3. The number of halogens is 1. The predicted octanol–water partition coefficient (Wildman–Crippen LogP) is 2.75. The summed E-state index contributed by atoms with van der Waals surface area (Å²) in [6.07, 6.45) is 5.77. The van der Waals surface area contributed by atoms with Gasteiger partial charge in [0.1, 0.15) is 11.6 Å². The van der Waals surface area contributed by atoms with E-state index in [1.807, 2.05) is 0 Å². The molecule has 0 bridgehead atoms. The van der Waals surface area contributed by atoms with Gasteiger partial charge in [0.2, 0.25) is 0 Å². The van der Waals surface area contributed by atoms with Crippen LogP contribution in [0.3, 0.4) is 0 Å². The Hall–Kier alpha value is -2.78. The Kier molecular flexibility index (Phi) is 5.59. The lowest BCUT2D eigenvalue weighted by Crippen LogP contribution is -2.29. The summed E-state index contributed by atoms with van der Waals surface area (Å²) in [7, 11) is 2.11. The normalized spacial score (nSPS) is 19.5. The first-order valence-corrected chi connectivity index (χ1v) is 10.1.